The van der Waals surface area contributed by atoms with Crippen LogP contribution in [0.4, 0.5) is 4.79 Å². The van der Waals surface area contributed by atoms with Crippen LogP contribution >= 0.6 is 0 Å². The molecule has 0 radical (unpaired) electrons. The number of aromatic nitrogens is 8. The molecule has 1 aliphatic heterocycles. The van der Waals surface area contributed by atoms with Crippen molar-refractivity contribution in [3.63, 3.8) is 0 Å². The molecule has 5 aromatic heterocycles. The monoisotopic (exact) mass is 561 g/mol. The fourth-order valence-corrected chi connectivity index (χ4v) is 4.30. The van der Waals surface area contributed by atoms with Crippen LogP contribution in [0.3, 0.4) is 0 Å². The Hall–Kier alpha value is -5.92. The van der Waals surface area contributed by atoms with Gasteiger partial charge in [-0.25, -0.2) is 34.7 Å². The topological polar surface area (TPSA) is 151 Å². The van der Waals surface area contributed by atoms with Crippen LogP contribution in [-0.2, 0) is 14.1 Å². The number of carbonyl (C=O) groups excluding carboxylic acids is 1. The lowest BCUT2D eigenvalue weighted by molar-refractivity contribution is -0.749. The fraction of sp³-hybridized carbons (Fsp3) is 0.143. The number of amides is 2. The van der Waals surface area contributed by atoms with Gasteiger partial charge in [0.15, 0.2) is 5.84 Å². The molecule has 6 heterocycles. The largest absolute Gasteiger partial charge is 0.539 e. The van der Waals surface area contributed by atoms with E-state index >= 15 is 0 Å². The number of hydrazone groups is 1. The lowest BCUT2D eigenvalue weighted by atomic mass is 10.1. The summed E-state index contributed by atoms with van der Waals surface area (Å²) >= 11 is 0. The van der Waals surface area contributed by atoms with Gasteiger partial charge in [0, 0.05) is 14.1 Å². The Morgan fingerprint density at radius 1 is 0.643 bits per heavy atom. The summed E-state index contributed by atoms with van der Waals surface area (Å²) in [4.78, 5) is 43.1. The summed E-state index contributed by atoms with van der Waals surface area (Å²) < 4.78 is 2.44. The molecule has 14 nitrogen and oxygen atoms in total. The molecule has 6 rings (SSSR count). The van der Waals surface area contributed by atoms with E-state index in [1.807, 2.05) is 66.7 Å². The number of pyridine rings is 4. The summed E-state index contributed by atoms with van der Waals surface area (Å²) in [5.74, 6) is 0.763. The van der Waals surface area contributed by atoms with Crippen molar-refractivity contribution in [2.24, 2.45) is 19.2 Å². The highest BCUT2D eigenvalue weighted by Crippen LogP contribution is 2.24. The third-order valence-electron chi connectivity index (χ3n) is 6.39. The van der Waals surface area contributed by atoms with Crippen LogP contribution < -0.4 is 15.8 Å². The van der Waals surface area contributed by atoms with Crippen molar-refractivity contribution in [3.05, 3.63) is 89.0 Å². The molecule has 0 bridgehead atoms. The summed E-state index contributed by atoms with van der Waals surface area (Å²) in [6, 6.07) is 22.0. The van der Waals surface area contributed by atoms with Gasteiger partial charge >= 0.3 is 11.7 Å². The van der Waals surface area contributed by atoms with Crippen molar-refractivity contribution in [1.82, 2.24) is 50.3 Å². The molecule has 2 amide bonds. The molecule has 0 atom stereocenters. The summed E-state index contributed by atoms with van der Waals surface area (Å²) in [6.07, 6.45) is 0. The van der Waals surface area contributed by atoms with E-state index in [0.717, 1.165) is 0 Å². The lowest BCUT2D eigenvalue weighted by Gasteiger charge is -2.29. The van der Waals surface area contributed by atoms with Crippen molar-refractivity contribution in [2.75, 3.05) is 14.1 Å². The highest BCUT2D eigenvalue weighted by molar-refractivity contribution is 6.00. The number of urea groups is 1. The van der Waals surface area contributed by atoms with Crippen LogP contribution in [0.1, 0.15) is 5.69 Å². The Kier molecular flexibility index (Phi) is 6.62. The molecular formula is C28H25N12O2+. The van der Waals surface area contributed by atoms with Gasteiger partial charge in [0.2, 0.25) is 0 Å². The van der Waals surface area contributed by atoms with Crippen molar-refractivity contribution >= 4 is 11.9 Å². The molecule has 0 fully saturated rings. The van der Waals surface area contributed by atoms with E-state index in [1.54, 1.807) is 34.3 Å². The van der Waals surface area contributed by atoms with E-state index in [-0.39, 0.29) is 11.7 Å². The zero-order valence-corrected chi connectivity index (χ0v) is 23.2. The van der Waals surface area contributed by atoms with Crippen molar-refractivity contribution in [2.45, 2.75) is 0 Å². The molecule has 42 heavy (non-hydrogen) atoms. The summed E-state index contributed by atoms with van der Waals surface area (Å²) in [7, 11) is 6.33. The van der Waals surface area contributed by atoms with Gasteiger partial charge in [0.1, 0.15) is 25.5 Å². The smallest absolute Gasteiger partial charge is 0.275 e. The maximum absolute atomic E-state index is 12.0. The summed E-state index contributed by atoms with van der Waals surface area (Å²) in [5.41, 5.74) is 7.53. The molecular weight excluding hydrogens is 536 g/mol. The standard InChI is InChI=1S/C28H25N12O2/c1-37-27(41)38(2)34-25(33-37)23-15-7-13-21(31-23)19-11-5-9-17(29-19)18-10-6-12-20(30-18)22-14-8-16-24(32-22)26-35-39(3)28(42)40(4)36-26/h5-16H,1-4H3,(H,33,34)/q+1. The number of amidine groups is 1. The molecule has 0 saturated heterocycles. The van der Waals surface area contributed by atoms with Gasteiger partial charge < -0.3 is 0 Å². The first kappa shape index (κ1) is 26.3. The fourth-order valence-electron chi connectivity index (χ4n) is 4.30. The minimum Gasteiger partial charge on any atom is -0.275 e. The SMILES string of the molecule is CN1N=C(c2cccc(-c3cccc(-c4cccc(-c5cccc(-c6nn(C)c(=O)[n+](C)n6)n5)n4)n3)n2)NN(C)C1=O. The Morgan fingerprint density at radius 2 is 1.07 bits per heavy atom. The van der Waals surface area contributed by atoms with Gasteiger partial charge in [-0.3, -0.25) is 5.43 Å². The van der Waals surface area contributed by atoms with Gasteiger partial charge in [-0.05, 0) is 48.5 Å². The number of hydrogen-bond acceptors (Lipinski definition) is 10. The number of hydrazine groups is 1. The van der Waals surface area contributed by atoms with Crippen LogP contribution in [0.15, 0.2) is 82.7 Å². The highest BCUT2D eigenvalue weighted by Gasteiger charge is 2.23. The van der Waals surface area contributed by atoms with Gasteiger partial charge in [-0.1, -0.05) is 43.8 Å². The van der Waals surface area contributed by atoms with Crippen molar-refractivity contribution < 1.29 is 9.48 Å². The molecule has 5 aromatic rings. The Balaban J connectivity index is 1.31. The number of aryl methyl sites for hydroxylation is 2. The lowest BCUT2D eigenvalue weighted by Crippen LogP contribution is -2.55. The molecule has 0 aliphatic carbocycles. The Bertz CT molecular complexity index is 1910. The van der Waals surface area contributed by atoms with E-state index in [0.29, 0.717) is 57.2 Å². The van der Waals surface area contributed by atoms with E-state index in [1.165, 1.54) is 19.4 Å². The highest BCUT2D eigenvalue weighted by atomic mass is 16.2. The predicted octanol–water partition coefficient (Wildman–Crippen LogP) is 1.41. The van der Waals surface area contributed by atoms with Gasteiger partial charge in [0.05, 0.1) is 34.2 Å². The zero-order valence-electron chi connectivity index (χ0n) is 23.2. The van der Waals surface area contributed by atoms with E-state index < -0.39 is 0 Å². The van der Waals surface area contributed by atoms with Crippen LogP contribution in [0.25, 0.3) is 45.7 Å². The molecule has 14 heteroatoms. The van der Waals surface area contributed by atoms with Gasteiger partial charge in [-0.15, -0.1) is 5.10 Å². The third-order valence-corrected chi connectivity index (χ3v) is 6.39. The number of hydrogen-bond donors (Lipinski definition) is 1. The molecule has 208 valence electrons. The molecule has 0 unspecified atom stereocenters. The first-order valence-electron chi connectivity index (χ1n) is 12.9. The van der Waals surface area contributed by atoms with Crippen molar-refractivity contribution in [3.8, 4) is 45.7 Å². The number of nitrogens with one attached hydrogen (secondary N) is 1. The van der Waals surface area contributed by atoms with Crippen LogP contribution in [-0.4, -0.2) is 70.8 Å². The first-order chi connectivity index (χ1) is 20.3. The maximum Gasteiger partial charge on any atom is 0.539 e. The normalized spacial score (nSPS) is 13.1. The molecule has 0 spiro atoms. The van der Waals surface area contributed by atoms with E-state index in [9.17, 15) is 9.59 Å². The first-order valence-corrected chi connectivity index (χ1v) is 12.9. The van der Waals surface area contributed by atoms with Crippen LogP contribution in [0.5, 0.6) is 0 Å². The quantitative estimate of drug-likeness (QED) is 0.314. The number of rotatable bonds is 5. The zero-order chi connectivity index (χ0) is 29.4. The Morgan fingerprint density at radius 3 is 1.55 bits per heavy atom. The number of carbonyl (C=O) groups is 1. The predicted molar refractivity (Wildman–Crippen MR) is 152 cm³/mol. The molecule has 1 aliphatic rings. The summed E-state index contributed by atoms with van der Waals surface area (Å²) in [5, 5.41) is 15.3. The second kappa shape index (κ2) is 10.6. The second-order valence-corrected chi connectivity index (χ2v) is 9.41. The third kappa shape index (κ3) is 5.03. The van der Waals surface area contributed by atoms with Gasteiger partial charge in [-0.2, -0.15) is 4.79 Å². The Labute approximate surface area is 239 Å². The second-order valence-electron chi connectivity index (χ2n) is 9.41. The molecule has 0 saturated carbocycles. The average Bonchev–Trinajstić information content (AvgIpc) is 3.02. The maximum atomic E-state index is 12.0. The minimum atomic E-state index is -0.336. The van der Waals surface area contributed by atoms with E-state index in [2.05, 4.69) is 20.7 Å². The van der Waals surface area contributed by atoms with E-state index in [4.69, 9.17) is 19.9 Å². The minimum absolute atomic E-state index is 0.282. The average molecular weight is 562 g/mol. The van der Waals surface area contributed by atoms with Crippen molar-refractivity contribution in [1.29, 1.82) is 0 Å². The van der Waals surface area contributed by atoms with Crippen LogP contribution in [0, 0.1) is 0 Å². The van der Waals surface area contributed by atoms with Gasteiger partial charge in [0.25, 0.3) is 5.82 Å². The summed E-state index contributed by atoms with van der Waals surface area (Å²) in [6.45, 7) is 0. The number of nitrogens with zero attached hydrogens (tertiary/aromatic N) is 11. The molecule has 1 N–H and O–H groups in total. The molecule has 0 aromatic carbocycles. The van der Waals surface area contributed by atoms with Crippen LogP contribution in [0.2, 0.25) is 0 Å².